The zero-order chi connectivity index (χ0) is 17.0. The molecule has 0 unspecified atom stereocenters. The van der Waals surface area contributed by atoms with E-state index in [1.165, 1.54) is 4.90 Å². The number of amides is 4. The first kappa shape index (κ1) is 17.2. The number of nitrogens with zero attached hydrogens (tertiary/aromatic N) is 2. The van der Waals surface area contributed by atoms with Crippen LogP contribution >= 0.6 is 0 Å². The summed E-state index contributed by atoms with van der Waals surface area (Å²) in [6, 6.07) is -0.433. The number of nitrogens with one attached hydrogen (secondary N) is 1. The van der Waals surface area contributed by atoms with Crippen LogP contribution in [0.25, 0.3) is 0 Å². The standard InChI is InChI=1S/C15H23N3O5/c1-17-14(23)18(10-11(19)16-9-5-6-12(20)21)13(22)15(17)7-3-2-4-8-15/h2-10H2,1H3,(H,16,19)(H,20,21). The number of rotatable bonds is 6. The maximum absolute atomic E-state index is 12.7. The van der Waals surface area contributed by atoms with E-state index in [2.05, 4.69) is 5.32 Å². The minimum absolute atomic E-state index is 0.0340. The van der Waals surface area contributed by atoms with Crippen molar-refractivity contribution in [1.82, 2.24) is 15.1 Å². The molecule has 2 fully saturated rings. The Morgan fingerprint density at radius 3 is 2.48 bits per heavy atom. The normalized spacial score (nSPS) is 20.2. The molecular weight excluding hydrogens is 302 g/mol. The van der Waals surface area contributed by atoms with Gasteiger partial charge in [-0.3, -0.25) is 19.3 Å². The first-order chi connectivity index (χ1) is 10.9. The SMILES string of the molecule is CN1C(=O)N(CC(=O)NCCCC(=O)O)C(=O)C12CCCCC2. The molecule has 1 aliphatic carbocycles. The minimum atomic E-state index is -0.926. The average molecular weight is 325 g/mol. The van der Waals surface area contributed by atoms with Crippen molar-refractivity contribution >= 4 is 23.8 Å². The number of carbonyl (C=O) groups is 4. The van der Waals surface area contributed by atoms with Crippen molar-refractivity contribution in [3.63, 3.8) is 0 Å². The summed E-state index contributed by atoms with van der Waals surface area (Å²) < 4.78 is 0. The smallest absolute Gasteiger partial charge is 0.327 e. The van der Waals surface area contributed by atoms with Gasteiger partial charge in [-0.15, -0.1) is 0 Å². The molecule has 1 heterocycles. The number of imide groups is 1. The van der Waals surface area contributed by atoms with E-state index < -0.39 is 23.4 Å². The van der Waals surface area contributed by atoms with Crippen molar-refractivity contribution in [2.24, 2.45) is 0 Å². The lowest BCUT2D eigenvalue weighted by Gasteiger charge is -2.35. The highest BCUT2D eigenvalue weighted by Crippen LogP contribution is 2.39. The molecule has 2 N–H and O–H groups in total. The molecule has 1 saturated heterocycles. The van der Waals surface area contributed by atoms with E-state index >= 15 is 0 Å². The highest BCUT2D eigenvalue weighted by atomic mass is 16.4. The van der Waals surface area contributed by atoms with Gasteiger partial charge in [-0.2, -0.15) is 0 Å². The number of aliphatic carboxylic acids is 1. The van der Waals surface area contributed by atoms with E-state index in [-0.39, 0.29) is 25.4 Å². The molecule has 1 spiro atoms. The molecule has 0 aromatic carbocycles. The van der Waals surface area contributed by atoms with Crippen LogP contribution in [0.4, 0.5) is 4.79 Å². The van der Waals surface area contributed by atoms with Crippen molar-refractivity contribution in [2.75, 3.05) is 20.1 Å². The maximum Gasteiger partial charge on any atom is 0.327 e. The van der Waals surface area contributed by atoms with Crippen LogP contribution in [0.2, 0.25) is 0 Å². The molecule has 8 nitrogen and oxygen atoms in total. The average Bonchev–Trinajstić information content (AvgIpc) is 2.69. The predicted octanol–water partition coefficient (Wildman–Crippen LogP) is 0.564. The molecule has 2 aliphatic rings. The summed E-state index contributed by atoms with van der Waals surface area (Å²) in [6.45, 7) is -0.0981. The lowest BCUT2D eigenvalue weighted by molar-refractivity contribution is -0.137. The van der Waals surface area contributed by atoms with Gasteiger partial charge in [0.15, 0.2) is 0 Å². The number of carboxylic acid groups (broad SMARTS) is 1. The predicted molar refractivity (Wildman–Crippen MR) is 80.6 cm³/mol. The van der Waals surface area contributed by atoms with Gasteiger partial charge in [0.25, 0.3) is 5.91 Å². The summed E-state index contributed by atoms with van der Waals surface area (Å²) in [5, 5.41) is 11.1. The molecule has 2 rings (SSSR count). The molecule has 0 radical (unpaired) electrons. The molecule has 23 heavy (non-hydrogen) atoms. The van der Waals surface area contributed by atoms with E-state index in [1.807, 2.05) is 0 Å². The third-order valence-corrected chi connectivity index (χ3v) is 4.68. The summed E-state index contributed by atoms with van der Waals surface area (Å²) in [7, 11) is 1.62. The number of urea groups is 1. The molecule has 1 aliphatic heterocycles. The van der Waals surface area contributed by atoms with E-state index in [0.717, 1.165) is 24.2 Å². The molecule has 1 saturated carbocycles. The van der Waals surface area contributed by atoms with Gasteiger partial charge >= 0.3 is 12.0 Å². The third-order valence-electron chi connectivity index (χ3n) is 4.68. The van der Waals surface area contributed by atoms with Crippen molar-refractivity contribution in [2.45, 2.75) is 50.5 Å². The third kappa shape index (κ3) is 3.46. The monoisotopic (exact) mass is 325 g/mol. The number of hydrogen-bond donors (Lipinski definition) is 2. The fourth-order valence-electron chi connectivity index (χ4n) is 3.34. The van der Waals surface area contributed by atoms with Crippen LogP contribution in [-0.4, -0.2) is 64.4 Å². The number of carboxylic acids is 1. The van der Waals surface area contributed by atoms with E-state index in [4.69, 9.17) is 5.11 Å². The molecule has 0 bridgehead atoms. The molecule has 0 aromatic rings. The fourth-order valence-corrected chi connectivity index (χ4v) is 3.34. The van der Waals surface area contributed by atoms with E-state index in [1.54, 1.807) is 7.05 Å². The van der Waals surface area contributed by atoms with Gasteiger partial charge in [-0.25, -0.2) is 4.79 Å². The lowest BCUT2D eigenvalue weighted by atomic mass is 9.81. The second-order valence-corrected chi connectivity index (χ2v) is 6.17. The Bertz CT molecular complexity index is 513. The van der Waals surface area contributed by atoms with Gasteiger partial charge in [0.2, 0.25) is 5.91 Å². The minimum Gasteiger partial charge on any atom is -0.481 e. The Hall–Kier alpha value is -2.12. The van der Waals surface area contributed by atoms with Crippen LogP contribution in [0.5, 0.6) is 0 Å². The highest BCUT2D eigenvalue weighted by molar-refractivity contribution is 6.08. The zero-order valence-corrected chi connectivity index (χ0v) is 13.3. The Morgan fingerprint density at radius 1 is 1.22 bits per heavy atom. The molecule has 0 atom stereocenters. The van der Waals surface area contributed by atoms with E-state index in [9.17, 15) is 19.2 Å². The summed E-state index contributed by atoms with van der Waals surface area (Å²) in [5.74, 6) is -1.66. The Kier molecular flexibility index (Phi) is 5.23. The van der Waals surface area contributed by atoms with Crippen LogP contribution in [0.15, 0.2) is 0 Å². The highest BCUT2D eigenvalue weighted by Gasteiger charge is 2.55. The number of hydrogen-bond acceptors (Lipinski definition) is 4. The van der Waals surface area contributed by atoms with Crippen molar-refractivity contribution in [1.29, 1.82) is 0 Å². The summed E-state index contributed by atoms with van der Waals surface area (Å²) in [5.41, 5.74) is -0.779. The van der Waals surface area contributed by atoms with Crippen LogP contribution in [0, 0.1) is 0 Å². The van der Waals surface area contributed by atoms with Crippen LogP contribution < -0.4 is 5.32 Å². The van der Waals surface area contributed by atoms with E-state index in [0.29, 0.717) is 19.3 Å². The van der Waals surface area contributed by atoms with Crippen molar-refractivity contribution in [3.05, 3.63) is 0 Å². The molecule has 0 aromatic heterocycles. The zero-order valence-electron chi connectivity index (χ0n) is 13.3. The molecule has 8 heteroatoms. The lowest BCUT2D eigenvalue weighted by Crippen LogP contribution is -2.49. The fraction of sp³-hybridized carbons (Fsp3) is 0.733. The van der Waals surface area contributed by atoms with Gasteiger partial charge in [0, 0.05) is 20.0 Å². The molecule has 128 valence electrons. The topological polar surface area (TPSA) is 107 Å². The van der Waals surface area contributed by atoms with Crippen LogP contribution in [-0.2, 0) is 14.4 Å². The largest absolute Gasteiger partial charge is 0.481 e. The van der Waals surface area contributed by atoms with Crippen molar-refractivity contribution < 1.29 is 24.3 Å². The first-order valence-electron chi connectivity index (χ1n) is 7.97. The summed E-state index contributed by atoms with van der Waals surface area (Å²) in [4.78, 5) is 49.8. The van der Waals surface area contributed by atoms with Crippen molar-refractivity contribution in [3.8, 4) is 0 Å². The molecular formula is C15H23N3O5. The van der Waals surface area contributed by atoms with Gasteiger partial charge in [0.05, 0.1) is 0 Å². The second kappa shape index (κ2) is 6.97. The van der Waals surface area contributed by atoms with Gasteiger partial charge < -0.3 is 15.3 Å². The number of carbonyl (C=O) groups excluding carboxylic acids is 3. The van der Waals surface area contributed by atoms with Crippen LogP contribution in [0.3, 0.4) is 0 Å². The quantitative estimate of drug-likeness (QED) is 0.548. The number of likely N-dealkylation sites (N-methyl/N-ethyl adjacent to an activating group) is 1. The summed E-state index contributed by atoms with van der Waals surface area (Å²) in [6.07, 6.45) is 4.43. The Balaban J connectivity index is 1.92. The maximum atomic E-state index is 12.7. The van der Waals surface area contributed by atoms with Gasteiger partial charge in [0.1, 0.15) is 12.1 Å². The van der Waals surface area contributed by atoms with Gasteiger partial charge in [-0.1, -0.05) is 19.3 Å². The molecule has 4 amide bonds. The van der Waals surface area contributed by atoms with Gasteiger partial charge in [-0.05, 0) is 19.3 Å². The second-order valence-electron chi connectivity index (χ2n) is 6.17. The summed E-state index contributed by atoms with van der Waals surface area (Å²) >= 11 is 0. The first-order valence-corrected chi connectivity index (χ1v) is 7.97. The van der Waals surface area contributed by atoms with Crippen LogP contribution in [0.1, 0.15) is 44.9 Å². The Labute approximate surface area is 134 Å². The Morgan fingerprint density at radius 2 is 1.87 bits per heavy atom.